The van der Waals surface area contributed by atoms with Gasteiger partial charge in [-0.05, 0) is 43.2 Å². The Labute approximate surface area is 199 Å². The summed E-state index contributed by atoms with van der Waals surface area (Å²) in [5.74, 6) is 0.214. The normalized spacial score (nSPS) is 18.9. The van der Waals surface area contributed by atoms with Gasteiger partial charge in [0.25, 0.3) is 5.91 Å². The summed E-state index contributed by atoms with van der Waals surface area (Å²) < 4.78 is 5.43. The number of carbonyl (C=O) groups excluding carboxylic acids is 1. The van der Waals surface area contributed by atoms with Crippen molar-refractivity contribution in [2.45, 2.75) is 18.8 Å². The molecule has 1 aromatic heterocycles. The van der Waals surface area contributed by atoms with Crippen molar-refractivity contribution in [1.82, 2.24) is 14.9 Å². The van der Waals surface area contributed by atoms with Crippen LogP contribution in [0.25, 0.3) is 11.1 Å². The smallest absolute Gasteiger partial charge is 0.253 e. The molecule has 0 saturated carbocycles. The molecule has 2 aliphatic heterocycles. The summed E-state index contributed by atoms with van der Waals surface area (Å²) in [5.41, 5.74) is 4.69. The lowest BCUT2D eigenvalue weighted by Gasteiger charge is -2.33. The van der Waals surface area contributed by atoms with Crippen LogP contribution in [-0.2, 0) is 4.74 Å². The molecule has 2 saturated heterocycles. The number of hydrogen-bond acceptors (Lipinski definition) is 5. The topological polar surface area (TPSA) is 58.6 Å². The first kappa shape index (κ1) is 21.9. The highest BCUT2D eigenvalue weighted by atomic mass is 35.5. The highest BCUT2D eigenvalue weighted by Crippen LogP contribution is 2.35. The maximum atomic E-state index is 13.3. The molecule has 0 bridgehead atoms. The van der Waals surface area contributed by atoms with Gasteiger partial charge in [0.15, 0.2) is 0 Å². The third-order valence-corrected chi connectivity index (χ3v) is 6.82. The largest absolute Gasteiger partial charge is 0.378 e. The highest BCUT2D eigenvalue weighted by Gasteiger charge is 2.28. The molecular weight excluding hydrogens is 436 g/mol. The average molecular weight is 463 g/mol. The lowest BCUT2D eigenvalue weighted by Crippen LogP contribution is -2.39. The minimum Gasteiger partial charge on any atom is -0.378 e. The zero-order valence-electron chi connectivity index (χ0n) is 18.5. The molecule has 0 aliphatic carbocycles. The van der Waals surface area contributed by atoms with Gasteiger partial charge in [0.2, 0.25) is 0 Å². The second kappa shape index (κ2) is 9.89. The zero-order valence-corrected chi connectivity index (χ0v) is 19.2. The predicted octanol–water partition coefficient (Wildman–Crippen LogP) is 4.65. The summed E-state index contributed by atoms with van der Waals surface area (Å²) in [7, 11) is 0. The van der Waals surface area contributed by atoms with Crippen LogP contribution in [0.2, 0.25) is 5.02 Å². The second-order valence-electron chi connectivity index (χ2n) is 8.54. The van der Waals surface area contributed by atoms with Gasteiger partial charge in [0.05, 0.1) is 18.9 Å². The van der Waals surface area contributed by atoms with Crippen molar-refractivity contribution in [1.29, 1.82) is 0 Å². The van der Waals surface area contributed by atoms with Crippen molar-refractivity contribution < 1.29 is 9.53 Å². The summed E-state index contributed by atoms with van der Waals surface area (Å²) in [6, 6.07) is 15.7. The van der Waals surface area contributed by atoms with E-state index in [0.717, 1.165) is 73.8 Å². The number of likely N-dealkylation sites (tertiary alicyclic amines) is 1. The van der Waals surface area contributed by atoms with E-state index in [9.17, 15) is 4.79 Å². The zero-order chi connectivity index (χ0) is 22.6. The van der Waals surface area contributed by atoms with Gasteiger partial charge in [0.1, 0.15) is 6.33 Å². The molecule has 6 nitrogen and oxygen atoms in total. The molecular formula is C26H27ClN4O2. The molecule has 0 unspecified atom stereocenters. The Bertz CT molecular complexity index is 1120. The number of amides is 1. The van der Waals surface area contributed by atoms with Gasteiger partial charge in [-0.3, -0.25) is 4.79 Å². The van der Waals surface area contributed by atoms with Crippen LogP contribution in [0.5, 0.6) is 0 Å². The molecule has 1 amide bonds. The number of halogens is 1. The van der Waals surface area contributed by atoms with Crippen molar-refractivity contribution in [2.24, 2.45) is 0 Å². The number of nitrogens with zero attached hydrogens (tertiary/aromatic N) is 4. The Morgan fingerprint density at radius 3 is 2.58 bits per heavy atom. The fourth-order valence-electron chi connectivity index (χ4n) is 4.76. The van der Waals surface area contributed by atoms with Crippen molar-refractivity contribution in [3.8, 4) is 11.1 Å². The van der Waals surface area contributed by atoms with E-state index in [1.807, 2.05) is 59.6 Å². The molecule has 33 heavy (non-hydrogen) atoms. The summed E-state index contributed by atoms with van der Waals surface area (Å²) >= 11 is 6.47. The molecule has 2 fully saturated rings. The van der Waals surface area contributed by atoms with Crippen LogP contribution in [0.4, 0.5) is 5.69 Å². The lowest BCUT2D eigenvalue weighted by atomic mass is 9.89. The third-order valence-electron chi connectivity index (χ3n) is 6.49. The lowest BCUT2D eigenvalue weighted by molar-refractivity contribution is 0.0706. The van der Waals surface area contributed by atoms with E-state index >= 15 is 0 Å². The van der Waals surface area contributed by atoms with E-state index in [1.165, 1.54) is 0 Å². The van der Waals surface area contributed by atoms with E-state index in [1.54, 1.807) is 6.33 Å². The van der Waals surface area contributed by atoms with Crippen LogP contribution < -0.4 is 4.90 Å². The van der Waals surface area contributed by atoms with Crippen LogP contribution in [0.3, 0.4) is 0 Å². The number of carbonyl (C=O) groups is 1. The Kier molecular flexibility index (Phi) is 6.55. The fraction of sp³-hybridized carbons (Fsp3) is 0.346. The summed E-state index contributed by atoms with van der Waals surface area (Å²) in [5, 5.41) is 0.678. The van der Waals surface area contributed by atoms with Crippen LogP contribution in [0.1, 0.15) is 34.8 Å². The van der Waals surface area contributed by atoms with Gasteiger partial charge in [-0.1, -0.05) is 29.8 Å². The van der Waals surface area contributed by atoms with Gasteiger partial charge in [-0.15, -0.1) is 0 Å². The van der Waals surface area contributed by atoms with Crippen molar-refractivity contribution in [3.05, 3.63) is 77.3 Å². The Morgan fingerprint density at radius 1 is 1.00 bits per heavy atom. The van der Waals surface area contributed by atoms with Gasteiger partial charge < -0.3 is 14.5 Å². The SMILES string of the molecule is O=C(c1ccc(N2CCOCC2)cc1)N1CCC[C@@H](c2ncncc2-c2ccccc2Cl)C1. The number of anilines is 1. The maximum absolute atomic E-state index is 13.3. The van der Waals surface area contributed by atoms with Crippen LogP contribution in [0, 0.1) is 0 Å². The molecule has 3 aromatic rings. The number of aromatic nitrogens is 2. The van der Waals surface area contributed by atoms with Crippen molar-refractivity contribution in [3.63, 3.8) is 0 Å². The van der Waals surface area contributed by atoms with E-state index in [2.05, 4.69) is 14.9 Å². The number of benzene rings is 2. The van der Waals surface area contributed by atoms with Gasteiger partial charge in [0, 0.05) is 65.7 Å². The van der Waals surface area contributed by atoms with Crippen LogP contribution >= 0.6 is 11.6 Å². The number of ether oxygens (including phenoxy) is 1. The second-order valence-corrected chi connectivity index (χ2v) is 8.95. The first-order valence-corrected chi connectivity index (χ1v) is 11.9. The third kappa shape index (κ3) is 4.72. The monoisotopic (exact) mass is 462 g/mol. The standard InChI is InChI=1S/C26H27ClN4O2/c27-24-6-2-1-5-22(24)23-16-28-18-29-25(23)20-4-3-11-31(17-20)26(32)19-7-9-21(10-8-19)30-12-14-33-15-13-30/h1-2,5-10,16,18,20H,3-4,11-15,17H2/t20-/m1/s1. The number of morpholine rings is 1. The highest BCUT2D eigenvalue weighted by molar-refractivity contribution is 6.33. The molecule has 1 atom stereocenters. The van der Waals surface area contributed by atoms with Crippen molar-refractivity contribution in [2.75, 3.05) is 44.3 Å². The Balaban J connectivity index is 1.33. The summed E-state index contributed by atoms with van der Waals surface area (Å²) in [6.45, 7) is 4.65. The summed E-state index contributed by atoms with van der Waals surface area (Å²) in [4.78, 5) is 26.4. The number of piperidine rings is 1. The van der Waals surface area contributed by atoms with E-state index in [-0.39, 0.29) is 11.8 Å². The first-order valence-electron chi connectivity index (χ1n) is 11.5. The molecule has 170 valence electrons. The molecule has 0 N–H and O–H groups in total. The Morgan fingerprint density at radius 2 is 1.79 bits per heavy atom. The van der Waals surface area contributed by atoms with Crippen LogP contribution in [-0.4, -0.2) is 60.2 Å². The summed E-state index contributed by atoms with van der Waals surface area (Å²) in [6.07, 6.45) is 5.33. The molecule has 2 aliphatic rings. The molecule has 2 aromatic carbocycles. The van der Waals surface area contributed by atoms with E-state index in [0.29, 0.717) is 11.6 Å². The minimum absolute atomic E-state index is 0.0709. The molecule has 3 heterocycles. The average Bonchev–Trinajstić information content (AvgIpc) is 2.89. The maximum Gasteiger partial charge on any atom is 0.253 e. The molecule has 0 radical (unpaired) electrons. The Hall–Kier alpha value is -2.96. The van der Waals surface area contributed by atoms with Crippen LogP contribution in [0.15, 0.2) is 61.1 Å². The van der Waals surface area contributed by atoms with Gasteiger partial charge in [-0.2, -0.15) is 0 Å². The van der Waals surface area contributed by atoms with E-state index < -0.39 is 0 Å². The van der Waals surface area contributed by atoms with Gasteiger partial charge >= 0.3 is 0 Å². The molecule has 5 rings (SSSR count). The minimum atomic E-state index is 0.0709. The quantitative estimate of drug-likeness (QED) is 0.564. The van der Waals surface area contributed by atoms with Gasteiger partial charge in [-0.25, -0.2) is 9.97 Å². The number of rotatable bonds is 4. The number of hydrogen-bond donors (Lipinski definition) is 0. The first-order chi connectivity index (χ1) is 16.2. The predicted molar refractivity (Wildman–Crippen MR) is 130 cm³/mol. The molecule has 0 spiro atoms. The van der Waals surface area contributed by atoms with E-state index in [4.69, 9.17) is 16.3 Å². The molecule has 7 heteroatoms. The fourth-order valence-corrected chi connectivity index (χ4v) is 4.99. The van der Waals surface area contributed by atoms with Crippen molar-refractivity contribution >= 4 is 23.2 Å².